The molecule has 0 unspecified atom stereocenters. The predicted octanol–water partition coefficient (Wildman–Crippen LogP) is 6.13. The number of rotatable bonds is 5. The highest BCUT2D eigenvalue weighted by molar-refractivity contribution is 7.08. The maximum absolute atomic E-state index is 13.6. The molecule has 7 nitrogen and oxygen atoms in total. The molecule has 1 saturated heterocycles. The Morgan fingerprint density at radius 2 is 1.97 bits per heavy atom. The zero-order valence-corrected chi connectivity index (χ0v) is 20.4. The molecular formula is C27H21F2N7S. The van der Waals surface area contributed by atoms with Crippen molar-refractivity contribution in [2.75, 3.05) is 13.1 Å². The van der Waals surface area contributed by atoms with E-state index < -0.39 is 5.92 Å². The van der Waals surface area contributed by atoms with Gasteiger partial charge in [0.1, 0.15) is 11.3 Å². The van der Waals surface area contributed by atoms with Crippen molar-refractivity contribution in [1.29, 1.82) is 0 Å². The number of likely N-dealkylation sites (tertiary alicyclic amines) is 1. The quantitative estimate of drug-likeness (QED) is 0.290. The number of nitrogens with one attached hydrogen (secondary N) is 2. The van der Waals surface area contributed by atoms with Crippen LogP contribution in [0.15, 0.2) is 65.9 Å². The SMILES string of the molecule is FC1(F)CCN(Cc2cncc(-c3ccc4[nH]cc(-c5nc6c(-c7ccsc7)nccc6[nH]5)c4n3)c2)C1. The Morgan fingerprint density at radius 1 is 1.03 bits per heavy atom. The predicted molar refractivity (Wildman–Crippen MR) is 140 cm³/mol. The summed E-state index contributed by atoms with van der Waals surface area (Å²) in [6.45, 7) is 0.609. The maximum Gasteiger partial charge on any atom is 0.261 e. The molecule has 1 fully saturated rings. The number of thiophene rings is 1. The summed E-state index contributed by atoms with van der Waals surface area (Å²) in [5.41, 5.74) is 8.60. The third-order valence-corrected chi connectivity index (χ3v) is 7.40. The van der Waals surface area contributed by atoms with E-state index in [0.717, 1.165) is 55.7 Å². The Hall–Kier alpha value is -4.02. The normalized spacial score (nSPS) is 15.7. The van der Waals surface area contributed by atoms with Gasteiger partial charge < -0.3 is 9.97 Å². The first-order valence-corrected chi connectivity index (χ1v) is 12.9. The number of hydrogen-bond acceptors (Lipinski definition) is 6. The standard InChI is InChI=1S/C27H21F2N7S/c28-27(29)5-7-36(15-27)13-16-9-18(11-30-10-16)20-1-2-21-24(33-20)19(12-32-21)26-34-22-3-6-31-23(25(22)35-26)17-4-8-37-14-17/h1-4,6,8-12,14,32H,5,7,13,15H2,(H,34,35). The van der Waals surface area contributed by atoms with Crippen molar-refractivity contribution in [3.8, 4) is 33.9 Å². The van der Waals surface area contributed by atoms with Gasteiger partial charge in [-0.1, -0.05) is 0 Å². The Bertz CT molecular complexity index is 1740. The molecule has 0 aliphatic carbocycles. The summed E-state index contributed by atoms with van der Waals surface area (Å²) in [4.78, 5) is 27.2. The van der Waals surface area contributed by atoms with Gasteiger partial charge in [0.05, 0.1) is 40.0 Å². The molecule has 0 atom stereocenters. The lowest BCUT2D eigenvalue weighted by Gasteiger charge is -2.15. The Labute approximate surface area is 214 Å². The molecular weight excluding hydrogens is 492 g/mol. The minimum Gasteiger partial charge on any atom is -0.359 e. The fourth-order valence-corrected chi connectivity index (χ4v) is 5.57. The van der Waals surface area contributed by atoms with Crippen LogP contribution in [0.3, 0.4) is 0 Å². The van der Waals surface area contributed by atoms with Gasteiger partial charge in [-0.2, -0.15) is 11.3 Å². The molecule has 1 aliphatic heterocycles. The topological polar surface area (TPSA) is 86.4 Å². The second-order valence-electron chi connectivity index (χ2n) is 9.35. The highest BCUT2D eigenvalue weighted by Crippen LogP contribution is 2.33. The van der Waals surface area contributed by atoms with E-state index in [1.807, 2.05) is 41.9 Å². The number of nitrogens with zero attached hydrogens (tertiary/aromatic N) is 5. The summed E-state index contributed by atoms with van der Waals surface area (Å²) < 4.78 is 27.2. The molecule has 6 aromatic heterocycles. The summed E-state index contributed by atoms with van der Waals surface area (Å²) in [6, 6.07) is 9.85. The van der Waals surface area contributed by atoms with Crippen molar-refractivity contribution in [2.24, 2.45) is 0 Å². The average molecular weight is 514 g/mol. The number of pyridine rings is 3. The van der Waals surface area contributed by atoms with E-state index in [4.69, 9.17) is 9.97 Å². The Balaban J connectivity index is 1.24. The van der Waals surface area contributed by atoms with Crippen LogP contribution in [0.4, 0.5) is 8.78 Å². The summed E-state index contributed by atoms with van der Waals surface area (Å²) in [6.07, 6.45) is 7.07. The molecule has 0 radical (unpaired) electrons. The summed E-state index contributed by atoms with van der Waals surface area (Å²) in [5, 5.41) is 4.09. The molecule has 0 spiro atoms. The van der Waals surface area contributed by atoms with E-state index in [2.05, 4.69) is 25.3 Å². The third kappa shape index (κ3) is 4.08. The molecule has 6 aromatic rings. The number of halogens is 2. The molecule has 0 amide bonds. The van der Waals surface area contributed by atoms with E-state index >= 15 is 0 Å². The van der Waals surface area contributed by atoms with Crippen molar-refractivity contribution in [3.63, 3.8) is 0 Å². The van der Waals surface area contributed by atoms with E-state index in [0.29, 0.717) is 18.9 Å². The first kappa shape index (κ1) is 22.2. The van der Waals surface area contributed by atoms with Crippen LogP contribution in [0.2, 0.25) is 0 Å². The van der Waals surface area contributed by atoms with Crippen molar-refractivity contribution in [3.05, 3.63) is 71.4 Å². The van der Waals surface area contributed by atoms with Crippen LogP contribution in [-0.2, 0) is 6.54 Å². The molecule has 7 rings (SSSR count). The van der Waals surface area contributed by atoms with E-state index in [1.165, 1.54) is 0 Å². The minimum atomic E-state index is -2.61. The van der Waals surface area contributed by atoms with Crippen LogP contribution < -0.4 is 0 Å². The number of imidazole rings is 1. The van der Waals surface area contributed by atoms with Gasteiger partial charge in [0, 0.05) is 60.8 Å². The maximum atomic E-state index is 13.6. The summed E-state index contributed by atoms with van der Waals surface area (Å²) >= 11 is 1.62. The van der Waals surface area contributed by atoms with Crippen LogP contribution >= 0.6 is 11.3 Å². The lowest BCUT2D eigenvalue weighted by Crippen LogP contribution is -2.24. The van der Waals surface area contributed by atoms with E-state index in [9.17, 15) is 8.78 Å². The van der Waals surface area contributed by atoms with Gasteiger partial charge in [0.2, 0.25) is 0 Å². The van der Waals surface area contributed by atoms with E-state index in [-0.39, 0.29) is 13.0 Å². The first-order chi connectivity index (χ1) is 18.0. The number of alkyl halides is 2. The zero-order chi connectivity index (χ0) is 25.0. The number of hydrogen-bond donors (Lipinski definition) is 2. The monoisotopic (exact) mass is 513 g/mol. The number of aromatic amines is 2. The van der Waals surface area contributed by atoms with Crippen LogP contribution in [-0.4, -0.2) is 53.8 Å². The van der Waals surface area contributed by atoms with Crippen molar-refractivity contribution < 1.29 is 8.78 Å². The lowest BCUT2D eigenvalue weighted by atomic mass is 10.1. The smallest absolute Gasteiger partial charge is 0.261 e. The molecule has 10 heteroatoms. The number of fused-ring (bicyclic) bond motifs is 2. The fourth-order valence-electron chi connectivity index (χ4n) is 4.93. The molecule has 0 aromatic carbocycles. The van der Waals surface area contributed by atoms with Gasteiger partial charge in [0.15, 0.2) is 0 Å². The van der Waals surface area contributed by atoms with Crippen molar-refractivity contribution >= 4 is 33.4 Å². The minimum absolute atomic E-state index is 0.0960. The van der Waals surface area contributed by atoms with E-state index in [1.54, 1.807) is 34.8 Å². The Morgan fingerprint density at radius 3 is 2.81 bits per heavy atom. The van der Waals surface area contributed by atoms with Gasteiger partial charge in [-0.15, -0.1) is 0 Å². The molecule has 2 N–H and O–H groups in total. The largest absolute Gasteiger partial charge is 0.359 e. The fraction of sp³-hybridized carbons (Fsp3) is 0.185. The average Bonchev–Trinajstić information content (AvgIpc) is 3.69. The van der Waals surface area contributed by atoms with Crippen LogP contribution in [0, 0.1) is 0 Å². The summed E-state index contributed by atoms with van der Waals surface area (Å²) in [5.74, 6) is -1.91. The highest BCUT2D eigenvalue weighted by atomic mass is 32.1. The van der Waals surface area contributed by atoms with Gasteiger partial charge in [0.25, 0.3) is 5.92 Å². The number of aromatic nitrogens is 6. The molecule has 37 heavy (non-hydrogen) atoms. The molecule has 1 aliphatic rings. The van der Waals surface area contributed by atoms with Gasteiger partial charge in [-0.3, -0.25) is 14.9 Å². The number of H-pyrrole nitrogens is 2. The van der Waals surface area contributed by atoms with Crippen molar-refractivity contribution in [2.45, 2.75) is 18.9 Å². The van der Waals surface area contributed by atoms with Crippen LogP contribution in [0.25, 0.3) is 56.0 Å². The van der Waals surface area contributed by atoms with Gasteiger partial charge >= 0.3 is 0 Å². The second kappa shape index (κ2) is 8.53. The highest BCUT2D eigenvalue weighted by Gasteiger charge is 2.37. The van der Waals surface area contributed by atoms with Crippen molar-refractivity contribution in [1.82, 2.24) is 34.8 Å². The van der Waals surface area contributed by atoms with Gasteiger partial charge in [-0.05, 0) is 41.3 Å². The lowest BCUT2D eigenvalue weighted by molar-refractivity contribution is 0.0115. The third-order valence-electron chi connectivity index (χ3n) is 6.72. The first-order valence-electron chi connectivity index (χ1n) is 11.9. The summed E-state index contributed by atoms with van der Waals surface area (Å²) in [7, 11) is 0. The second-order valence-corrected chi connectivity index (χ2v) is 10.1. The van der Waals surface area contributed by atoms with Crippen LogP contribution in [0.5, 0.6) is 0 Å². The zero-order valence-electron chi connectivity index (χ0n) is 19.6. The molecule has 7 heterocycles. The molecule has 184 valence electrons. The molecule has 0 saturated carbocycles. The van der Waals surface area contributed by atoms with Gasteiger partial charge in [-0.25, -0.2) is 18.7 Å². The Kier molecular flexibility index (Phi) is 5.12. The van der Waals surface area contributed by atoms with Crippen LogP contribution in [0.1, 0.15) is 12.0 Å². The molecule has 0 bridgehead atoms.